The van der Waals surface area contributed by atoms with Crippen LogP contribution in [-0.2, 0) is 13.8 Å². The summed E-state index contributed by atoms with van der Waals surface area (Å²) in [6, 6.07) is 2.23. The first-order valence-electron chi connectivity index (χ1n) is 7.70. The Morgan fingerprint density at radius 2 is 1.83 bits per heavy atom. The van der Waals surface area contributed by atoms with Crippen molar-refractivity contribution in [2.24, 2.45) is 0 Å². The molecule has 0 bridgehead atoms. The molecule has 1 heterocycles. The molecule has 0 saturated carbocycles. The lowest BCUT2D eigenvalue weighted by atomic mass is 10.1. The van der Waals surface area contributed by atoms with Gasteiger partial charge < -0.3 is 24.6 Å². The molecule has 0 aromatic rings. The first kappa shape index (κ1) is 20.7. The molecule has 1 fully saturated rings. The van der Waals surface area contributed by atoms with Crippen LogP contribution in [0.4, 0.5) is 0 Å². The predicted octanol–water partition coefficient (Wildman–Crippen LogP) is 0.718. The van der Waals surface area contributed by atoms with Gasteiger partial charge in [0, 0.05) is 12.1 Å². The molecule has 0 amide bonds. The van der Waals surface area contributed by atoms with Gasteiger partial charge in [-0.3, -0.25) is 4.52 Å². The number of hydrogen-bond donors (Lipinski definition) is 3. The SMILES string of the molecule is CC(C)N(C(C)C)P(OCCC#N)OC1O[C@H](CO)[C@@H](O)[C@H]1O. The summed E-state index contributed by atoms with van der Waals surface area (Å²) < 4.78 is 18.8. The third-order valence-electron chi connectivity index (χ3n) is 3.35. The molecule has 9 heteroatoms. The van der Waals surface area contributed by atoms with Crippen molar-refractivity contribution in [1.29, 1.82) is 5.26 Å². The van der Waals surface area contributed by atoms with Crippen LogP contribution in [0, 0.1) is 11.3 Å². The van der Waals surface area contributed by atoms with Gasteiger partial charge in [0.15, 0.2) is 6.29 Å². The maximum absolute atomic E-state index is 10.0. The molecule has 2 unspecified atom stereocenters. The van der Waals surface area contributed by atoms with Gasteiger partial charge in [-0.15, -0.1) is 0 Å². The monoisotopic (exact) mass is 350 g/mol. The van der Waals surface area contributed by atoms with Crippen LogP contribution in [0.3, 0.4) is 0 Å². The van der Waals surface area contributed by atoms with E-state index in [1.54, 1.807) is 0 Å². The second-order valence-electron chi connectivity index (χ2n) is 5.86. The molecule has 134 valence electrons. The van der Waals surface area contributed by atoms with Gasteiger partial charge in [-0.25, -0.2) is 4.67 Å². The summed E-state index contributed by atoms with van der Waals surface area (Å²) in [6.07, 6.45) is -4.24. The molecule has 0 aromatic heterocycles. The number of hydrogen-bond acceptors (Lipinski definition) is 8. The molecule has 0 spiro atoms. The Labute approximate surface area is 138 Å². The van der Waals surface area contributed by atoms with E-state index in [2.05, 4.69) is 0 Å². The predicted molar refractivity (Wildman–Crippen MR) is 84.1 cm³/mol. The zero-order valence-electron chi connectivity index (χ0n) is 14.0. The first-order valence-corrected chi connectivity index (χ1v) is 8.84. The molecular formula is C14H27N2O6P. The lowest BCUT2D eigenvalue weighted by molar-refractivity contribution is -0.121. The van der Waals surface area contributed by atoms with E-state index in [0.29, 0.717) is 0 Å². The Morgan fingerprint density at radius 1 is 1.22 bits per heavy atom. The van der Waals surface area contributed by atoms with Crippen LogP contribution in [0.5, 0.6) is 0 Å². The van der Waals surface area contributed by atoms with Crippen molar-refractivity contribution >= 4 is 8.53 Å². The number of aliphatic hydroxyl groups excluding tert-OH is 3. The van der Waals surface area contributed by atoms with E-state index in [-0.39, 0.29) is 25.1 Å². The van der Waals surface area contributed by atoms with Crippen molar-refractivity contribution < 1.29 is 29.1 Å². The number of nitriles is 1. The fourth-order valence-corrected chi connectivity index (χ4v) is 3.99. The summed E-state index contributed by atoms with van der Waals surface area (Å²) in [5.41, 5.74) is 0. The van der Waals surface area contributed by atoms with E-state index in [4.69, 9.17) is 24.2 Å². The van der Waals surface area contributed by atoms with Gasteiger partial charge in [0.1, 0.15) is 18.3 Å². The average Bonchev–Trinajstić information content (AvgIpc) is 2.74. The number of rotatable bonds is 9. The van der Waals surface area contributed by atoms with Crippen LogP contribution in [0.25, 0.3) is 0 Å². The Balaban J connectivity index is 2.81. The third kappa shape index (κ3) is 5.59. The normalized spacial score (nSPS) is 29.4. The summed E-state index contributed by atoms with van der Waals surface area (Å²) in [7, 11) is -1.59. The topological polar surface area (TPSA) is 115 Å². The highest BCUT2D eigenvalue weighted by Crippen LogP contribution is 2.48. The van der Waals surface area contributed by atoms with Gasteiger partial charge in [-0.1, -0.05) is 0 Å². The van der Waals surface area contributed by atoms with Crippen LogP contribution < -0.4 is 0 Å². The first-order chi connectivity index (χ1) is 10.8. The lowest BCUT2D eigenvalue weighted by Crippen LogP contribution is -2.37. The summed E-state index contributed by atoms with van der Waals surface area (Å²) in [5.74, 6) is 0. The number of nitrogens with zero attached hydrogens (tertiary/aromatic N) is 2. The maximum Gasteiger partial charge on any atom is 0.261 e. The molecule has 1 rings (SSSR count). The molecule has 8 nitrogen and oxygen atoms in total. The molecule has 1 aliphatic heterocycles. The molecule has 5 atom stereocenters. The van der Waals surface area contributed by atoms with E-state index in [1.165, 1.54) is 0 Å². The zero-order valence-corrected chi connectivity index (χ0v) is 14.9. The summed E-state index contributed by atoms with van der Waals surface area (Å²) >= 11 is 0. The van der Waals surface area contributed by atoms with Crippen LogP contribution in [0.1, 0.15) is 34.1 Å². The smallest absolute Gasteiger partial charge is 0.261 e. The Bertz CT molecular complexity index is 384. The summed E-state index contributed by atoms with van der Waals surface area (Å²) in [6.45, 7) is 7.75. The largest absolute Gasteiger partial charge is 0.394 e. The highest BCUT2D eigenvalue weighted by molar-refractivity contribution is 7.44. The van der Waals surface area contributed by atoms with Gasteiger partial charge in [0.05, 0.1) is 25.7 Å². The second kappa shape index (κ2) is 9.82. The highest BCUT2D eigenvalue weighted by Gasteiger charge is 2.45. The standard InChI is InChI=1S/C14H27N2O6P/c1-9(2)16(10(3)4)23(20-7-5-6-15)22-14-13(19)12(18)11(8-17)21-14/h9-14,17-19H,5,7-8H2,1-4H3/t11-,12-,13-,14?,23?/m1/s1. The molecule has 0 aliphatic carbocycles. The van der Waals surface area contributed by atoms with E-state index in [9.17, 15) is 10.2 Å². The molecule has 3 N–H and O–H groups in total. The zero-order chi connectivity index (χ0) is 17.6. The molecule has 1 aliphatic rings. The van der Waals surface area contributed by atoms with Crippen LogP contribution in [0.2, 0.25) is 0 Å². The number of ether oxygens (including phenoxy) is 1. The minimum Gasteiger partial charge on any atom is -0.394 e. The van der Waals surface area contributed by atoms with Gasteiger partial charge in [-0.2, -0.15) is 5.26 Å². The van der Waals surface area contributed by atoms with Gasteiger partial charge in [0.2, 0.25) is 0 Å². The van der Waals surface area contributed by atoms with Gasteiger partial charge in [-0.05, 0) is 27.7 Å². The minimum absolute atomic E-state index is 0.111. The molecule has 1 saturated heterocycles. The minimum atomic E-state index is -1.59. The van der Waals surface area contributed by atoms with E-state index < -0.39 is 39.7 Å². The van der Waals surface area contributed by atoms with Crippen molar-refractivity contribution in [3.63, 3.8) is 0 Å². The fourth-order valence-electron chi connectivity index (χ4n) is 2.34. The summed E-state index contributed by atoms with van der Waals surface area (Å²) in [4.78, 5) is 0. The Hall–Kier alpha value is -0.360. The number of aliphatic hydroxyl groups is 3. The van der Waals surface area contributed by atoms with Gasteiger partial charge in [0.25, 0.3) is 8.53 Å². The second-order valence-corrected chi connectivity index (χ2v) is 7.27. The Morgan fingerprint density at radius 3 is 2.26 bits per heavy atom. The van der Waals surface area contributed by atoms with Crippen molar-refractivity contribution in [3.05, 3.63) is 0 Å². The molecular weight excluding hydrogens is 323 g/mol. The van der Waals surface area contributed by atoms with E-state index in [1.807, 2.05) is 38.4 Å². The van der Waals surface area contributed by atoms with E-state index >= 15 is 0 Å². The molecule has 0 aromatic carbocycles. The maximum atomic E-state index is 10.0. The average molecular weight is 350 g/mol. The van der Waals surface area contributed by atoms with Crippen molar-refractivity contribution in [1.82, 2.24) is 4.67 Å². The molecule has 0 radical (unpaired) electrons. The van der Waals surface area contributed by atoms with Crippen molar-refractivity contribution in [3.8, 4) is 6.07 Å². The summed E-state index contributed by atoms with van der Waals surface area (Å²) in [5, 5.41) is 37.6. The van der Waals surface area contributed by atoms with Crippen LogP contribution in [0.15, 0.2) is 0 Å². The molecule has 23 heavy (non-hydrogen) atoms. The lowest BCUT2D eigenvalue weighted by Gasteiger charge is -2.36. The van der Waals surface area contributed by atoms with Crippen LogP contribution in [-0.4, -0.2) is 69.9 Å². The van der Waals surface area contributed by atoms with Crippen molar-refractivity contribution in [2.45, 2.75) is 70.8 Å². The quantitative estimate of drug-likeness (QED) is 0.411. The van der Waals surface area contributed by atoms with Crippen LogP contribution >= 0.6 is 8.53 Å². The van der Waals surface area contributed by atoms with E-state index in [0.717, 1.165) is 0 Å². The fraction of sp³-hybridized carbons (Fsp3) is 0.929. The van der Waals surface area contributed by atoms with Gasteiger partial charge >= 0.3 is 0 Å². The Kier molecular flexibility index (Phi) is 8.83. The highest BCUT2D eigenvalue weighted by atomic mass is 31.2. The third-order valence-corrected chi connectivity index (χ3v) is 5.45. The van der Waals surface area contributed by atoms with Crippen molar-refractivity contribution in [2.75, 3.05) is 13.2 Å².